The molecule has 2 heterocycles. The Labute approximate surface area is 150 Å². The summed E-state index contributed by atoms with van der Waals surface area (Å²) in [6.07, 6.45) is 3.63. The van der Waals surface area contributed by atoms with Crippen LogP contribution in [0.4, 0.5) is 0 Å². The molecule has 3 aromatic rings. The number of rotatable bonds is 3. The lowest BCUT2D eigenvalue weighted by Crippen LogP contribution is -2.21. The van der Waals surface area contributed by atoms with Crippen LogP contribution in [0.25, 0.3) is 0 Å². The molecular formula is C15H13Br2ClN4. The molecule has 7 heteroatoms. The molecule has 0 spiro atoms. The van der Waals surface area contributed by atoms with Gasteiger partial charge in [0.25, 0.3) is 0 Å². The minimum atomic E-state index is -0.247. The maximum atomic E-state index is 6.41. The Kier molecular flexibility index (Phi) is 4.43. The van der Waals surface area contributed by atoms with E-state index in [0.717, 1.165) is 25.9 Å². The largest absolute Gasteiger partial charge is 0.242 e. The Balaban J connectivity index is 2.20. The van der Waals surface area contributed by atoms with Gasteiger partial charge in [0, 0.05) is 23.0 Å². The smallest absolute Gasteiger partial charge is 0.170 e. The Morgan fingerprint density at radius 1 is 0.955 bits per heavy atom. The van der Waals surface area contributed by atoms with Gasteiger partial charge in [-0.25, -0.2) is 9.36 Å². The Bertz CT molecular complexity index is 740. The molecule has 114 valence electrons. The molecule has 1 aromatic carbocycles. The zero-order valence-corrected chi connectivity index (χ0v) is 15.9. The summed E-state index contributed by atoms with van der Waals surface area (Å²) >= 11 is 13.4. The molecule has 0 saturated carbocycles. The maximum absolute atomic E-state index is 6.41. The monoisotopic (exact) mass is 442 g/mol. The van der Waals surface area contributed by atoms with Crippen LogP contribution < -0.4 is 0 Å². The average molecular weight is 445 g/mol. The first-order chi connectivity index (χ1) is 10.5. The van der Waals surface area contributed by atoms with Gasteiger partial charge in [0.15, 0.2) is 6.17 Å². The molecule has 0 atom stereocenters. The van der Waals surface area contributed by atoms with E-state index in [1.165, 1.54) is 0 Å². The highest BCUT2D eigenvalue weighted by atomic mass is 79.9. The molecule has 0 aliphatic rings. The number of hydrogen-bond donors (Lipinski definition) is 0. The van der Waals surface area contributed by atoms with Gasteiger partial charge in [-0.2, -0.15) is 10.2 Å². The number of aromatic nitrogens is 4. The Morgan fingerprint density at radius 2 is 1.45 bits per heavy atom. The number of hydrogen-bond acceptors (Lipinski definition) is 2. The number of nitrogens with zero attached hydrogens (tertiary/aromatic N) is 4. The van der Waals surface area contributed by atoms with E-state index in [4.69, 9.17) is 11.6 Å². The van der Waals surface area contributed by atoms with E-state index in [2.05, 4.69) is 42.1 Å². The molecule has 0 fully saturated rings. The summed E-state index contributed by atoms with van der Waals surface area (Å²) in [4.78, 5) is 0. The van der Waals surface area contributed by atoms with Crippen molar-refractivity contribution in [3.8, 4) is 0 Å². The van der Waals surface area contributed by atoms with Crippen molar-refractivity contribution < 1.29 is 0 Å². The molecule has 0 N–H and O–H groups in total. The lowest BCUT2D eigenvalue weighted by molar-refractivity contribution is 0.415. The highest BCUT2D eigenvalue weighted by Gasteiger charge is 2.22. The lowest BCUT2D eigenvalue weighted by Gasteiger charge is -2.20. The first-order valence-corrected chi connectivity index (χ1v) is 8.60. The molecule has 0 bridgehead atoms. The van der Waals surface area contributed by atoms with Gasteiger partial charge in [-0.3, -0.25) is 0 Å². The van der Waals surface area contributed by atoms with E-state index >= 15 is 0 Å². The van der Waals surface area contributed by atoms with E-state index in [-0.39, 0.29) is 6.17 Å². The van der Waals surface area contributed by atoms with E-state index in [1.807, 2.05) is 59.9 Å². The van der Waals surface area contributed by atoms with Crippen molar-refractivity contribution in [2.45, 2.75) is 20.0 Å². The van der Waals surface area contributed by atoms with Gasteiger partial charge in [-0.1, -0.05) is 29.8 Å². The van der Waals surface area contributed by atoms with E-state index in [1.54, 1.807) is 0 Å². The predicted octanol–water partition coefficient (Wildman–Crippen LogP) is 4.97. The molecular weight excluding hydrogens is 431 g/mol. The van der Waals surface area contributed by atoms with Crippen LogP contribution in [0.3, 0.4) is 0 Å². The van der Waals surface area contributed by atoms with Crippen LogP contribution in [0, 0.1) is 13.8 Å². The van der Waals surface area contributed by atoms with Crippen molar-refractivity contribution in [2.75, 3.05) is 0 Å². The molecule has 22 heavy (non-hydrogen) atoms. The minimum Gasteiger partial charge on any atom is -0.242 e. The summed E-state index contributed by atoms with van der Waals surface area (Å²) in [6.45, 7) is 3.91. The zero-order valence-electron chi connectivity index (χ0n) is 12.0. The molecule has 0 saturated heterocycles. The number of benzene rings is 1. The van der Waals surface area contributed by atoms with Crippen LogP contribution in [0.5, 0.6) is 0 Å². The summed E-state index contributed by atoms with van der Waals surface area (Å²) in [5, 5.41) is 9.84. The average Bonchev–Trinajstić information content (AvgIpc) is 2.96. The summed E-state index contributed by atoms with van der Waals surface area (Å²) in [5.41, 5.74) is 2.77. The predicted molar refractivity (Wildman–Crippen MR) is 94.3 cm³/mol. The van der Waals surface area contributed by atoms with Crippen molar-refractivity contribution in [2.24, 2.45) is 0 Å². The van der Waals surface area contributed by atoms with Crippen LogP contribution in [-0.4, -0.2) is 19.6 Å². The lowest BCUT2D eigenvalue weighted by atomic mass is 10.2. The van der Waals surface area contributed by atoms with Gasteiger partial charge in [0.1, 0.15) is 0 Å². The molecule has 3 rings (SSSR count). The van der Waals surface area contributed by atoms with Gasteiger partial charge < -0.3 is 0 Å². The third-order valence-corrected chi connectivity index (χ3v) is 5.30. The normalized spacial score (nSPS) is 11.4. The summed E-state index contributed by atoms with van der Waals surface area (Å²) in [7, 11) is 0. The quantitative estimate of drug-likeness (QED) is 0.572. The van der Waals surface area contributed by atoms with Gasteiger partial charge in [-0.15, -0.1) is 0 Å². The third-order valence-electron chi connectivity index (χ3n) is 3.40. The SMILES string of the molecule is Cc1nn(C(c2ccccc2Cl)n2cc(Br)c(C)n2)cc1Br. The van der Waals surface area contributed by atoms with Crippen molar-refractivity contribution in [1.29, 1.82) is 0 Å². The van der Waals surface area contributed by atoms with Gasteiger partial charge in [0.05, 0.1) is 20.3 Å². The first kappa shape index (κ1) is 15.8. The van der Waals surface area contributed by atoms with Crippen molar-refractivity contribution in [3.63, 3.8) is 0 Å². The second kappa shape index (κ2) is 6.18. The number of aryl methyl sites for hydroxylation is 2. The molecule has 0 aliphatic heterocycles. The standard InChI is InChI=1S/C15H13Br2ClN4/c1-9-12(16)7-21(19-9)15(11-5-3-4-6-14(11)18)22-8-13(17)10(2)20-22/h3-8,15H,1-2H3. The Hall–Kier alpha value is -1.11. The third kappa shape index (κ3) is 2.87. The van der Waals surface area contributed by atoms with Crippen LogP contribution >= 0.6 is 43.5 Å². The van der Waals surface area contributed by atoms with Crippen LogP contribution in [-0.2, 0) is 0 Å². The fourth-order valence-corrected chi connectivity index (χ4v) is 3.07. The Morgan fingerprint density at radius 3 is 1.86 bits per heavy atom. The fourth-order valence-electron chi connectivity index (χ4n) is 2.26. The fraction of sp³-hybridized carbons (Fsp3) is 0.200. The van der Waals surface area contributed by atoms with Gasteiger partial charge in [0.2, 0.25) is 0 Å². The van der Waals surface area contributed by atoms with Crippen LogP contribution in [0.15, 0.2) is 45.6 Å². The molecule has 0 radical (unpaired) electrons. The van der Waals surface area contributed by atoms with Crippen molar-refractivity contribution in [1.82, 2.24) is 19.6 Å². The van der Waals surface area contributed by atoms with Crippen molar-refractivity contribution in [3.05, 3.63) is 67.6 Å². The van der Waals surface area contributed by atoms with Gasteiger partial charge in [-0.05, 0) is 51.8 Å². The second-order valence-corrected chi connectivity index (χ2v) is 7.10. The highest BCUT2D eigenvalue weighted by Crippen LogP contribution is 2.30. The second-order valence-electron chi connectivity index (χ2n) is 4.98. The topological polar surface area (TPSA) is 35.6 Å². The summed E-state index contributed by atoms with van der Waals surface area (Å²) in [6, 6.07) is 7.74. The minimum absolute atomic E-state index is 0.247. The number of halogens is 3. The van der Waals surface area contributed by atoms with E-state index in [0.29, 0.717) is 5.02 Å². The maximum Gasteiger partial charge on any atom is 0.170 e. The molecule has 0 aliphatic carbocycles. The molecule has 0 amide bonds. The molecule has 0 unspecified atom stereocenters. The van der Waals surface area contributed by atoms with Crippen LogP contribution in [0.2, 0.25) is 5.02 Å². The summed E-state index contributed by atoms with van der Waals surface area (Å²) in [5.74, 6) is 0. The summed E-state index contributed by atoms with van der Waals surface area (Å²) < 4.78 is 5.62. The van der Waals surface area contributed by atoms with Gasteiger partial charge >= 0.3 is 0 Å². The molecule has 4 nitrogen and oxygen atoms in total. The molecule has 2 aromatic heterocycles. The zero-order chi connectivity index (χ0) is 15.9. The van der Waals surface area contributed by atoms with E-state index < -0.39 is 0 Å². The first-order valence-electron chi connectivity index (χ1n) is 6.64. The van der Waals surface area contributed by atoms with E-state index in [9.17, 15) is 0 Å². The van der Waals surface area contributed by atoms with Crippen LogP contribution in [0.1, 0.15) is 23.1 Å². The highest BCUT2D eigenvalue weighted by molar-refractivity contribution is 9.10. The van der Waals surface area contributed by atoms with Crippen molar-refractivity contribution >= 4 is 43.5 Å².